The van der Waals surface area contributed by atoms with Crippen molar-refractivity contribution < 1.29 is 18.9 Å². The zero-order valence-electron chi connectivity index (χ0n) is 14.8. The number of hydrogen-bond donors (Lipinski definition) is 0. The molecule has 0 aliphatic carbocycles. The maximum absolute atomic E-state index is 8.93. The van der Waals surface area contributed by atoms with Gasteiger partial charge in [-0.25, -0.2) is 0 Å². The van der Waals surface area contributed by atoms with E-state index >= 15 is 0 Å². The number of hydrogen-bond acceptors (Lipinski definition) is 5. The van der Waals surface area contributed by atoms with E-state index in [0.717, 1.165) is 11.3 Å². The minimum atomic E-state index is 0.137. The molecule has 0 spiro atoms. The summed E-state index contributed by atoms with van der Waals surface area (Å²) < 4.78 is 18.6. The summed E-state index contributed by atoms with van der Waals surface area (Å²) in [6, 6.07) is 15.2. The number of likely N-dealkylation sites (N-methyl/N-ethyl adjacent to an activating group) is 1. The predicted octanol–water partition coefficient (Wildman–Crippen LogP) is 3.69. The summed E-state index contributed by atoms with van der Waals surface area (Å²) >= 11 is 0. The molecular weight excluding hydrogens is 330 g/mol. The third-order valence-electron chi connectivity index (χ3n) is 4.02. The molecule has 0 saturated heterocycles. The lowest BCUT2D eigenvalue weighted by atomic mass is 10.1. The molecule has 2 aromatic carbocycles. The lowest BCUT2D eigenvalue weighted by molar-refractivity contribution is -0.588. The highest BCUT2D eigenvalue weighted by Crippen LogP contribution is 2.28. The maximum Gasteiger partial charge on any atom is 0.224 e. The summed E-state index contributed by atoms with van der Waals surface area (Å²) in [7, 11) is 3.49. The largest absolute Gasteiger partial charge is 0.493 e. The van der Waals surface area contributed by atoms with Crippen LogP contribution in [0.4, 0.5) is 0 Å². The Morgan fingerprint density at radius 1 is 1.12 bits per heavy atom. The van der Waals surface area contributed by atoms with Gasteiger partial charge in [0, 0.05) is 17.7 Å². The number of azo groups is 2. The second kappa shape index (κ2) is 8.17. The van der Waals surface area contributed by atoms with Crippen LogP contribution in [0.2, 0.25) is 0 Å². The summed E-state index contributed by atoms with van der Waals surface area (Å²) in [6.45, 7) is 0.762. The molecule has 0 fully saturated rings. The highest BCUT2D eigenvalue weighted by atomic mass is 16.5. The summed E-state index contributed by atoms with van der Waals surface area (Å²) in [5.41, 5.74) is 1.65. The summed E-state index contributed by atoms with van der Waals surface area (Å²) in [5.74, 6) is 1.90. The van der Waals surface area contributed by atoms with Gasteiger partial charge in [0.05, 0.1) is 24.9 Å². The molecule has 2 aromatic rings. The smallest absolute Gasteiger partial charge is 0.224 e. The van der Waals surface area contributed by atoms with Crippen molar-refractivity contribution in [2.75, 3.05) is 27.4 Å². The molecule has 1 aliphatic rings. The molecule has 1 aliphatic heterocycles. The van der Waals surface area contributed by atoms with E-state index < -0.39 is 0 Å². The van der Waals surface area contributed by atoms with Crippen molar-refractivity contribution in [3.63, 3.8) is 0 Å². The molecular formula is C20H20N3O3+. The summed E-state index contributed by atoms with van der Waals surface area (Å²) in [6.07, 6.45) is 3.84. The van der Waals surface area contributed by atoms with E-state index in [-0.39, 0.29) is 6.04 Å². The van der Waals surface area contributed by atoms with Crippen molar-refractivity contribution in [3.8, 4) is 23.3 Å². The lowest BCUT2D eigenvalue weighted by Gasteiger charge is -2.12. The van der Waals surface area contributed by atoms with E-state index in [9.17, 15) is 0 Å². The third kappa shape index (κ3) is 4.01. The first-order valence-electron chi connectivity index (χ1n) is 8.25. The normalized spacial score (nSPS) is 15.3. The average Bonchev–Trinajstić information content (AvgIpc) is 3.11. The second-order valence-electron chi connectivity index (χ2n) is 5.72. The van der Waals surface area contributed by atoms with E-state index in [1.54, 1.807) is 31.5 Å². The van der Waals surface area contributed by atoms with Gasteiger partial charge in [-0.05, 0) is 29.4 Å². The Labute approximate surface area is 152 Å². The minimum Gasteiger partial charge on any atom is -0.493 e. The number of nitrogens with zero attached hydrogens (tertiary/aromatic N) is 3. The Morgan fingerprint density at radius 2 is 1.96 bits per heavy atom. The quantitative estimate of drug-likeness (QED) is 0.564. The Morgan fingerprint density at radius 3 is 2.69 bits per heavy atom. The second-order valence-corrected chi connectivity index (χ2v) is 5.72. The monoisotopic (exact) mass is 350 g/mol. The molecule has 0 radical (unpaired) electrons. The number of benzene rings is 2. The first kappa shape index (κ1) is 17.5. The Hall–Kier alpha value is -3.33. The fourth-order valence-electron chi connectivity index (χ4n) is 2.70. The van der Waals surface area contributed by atoms with Crippen molar-refractivity contribution in [2.45, 2.75) is 6.04 Å². The van der Waals surface area contributed by atoms with Crippen LogP contribution in [0.3, 0.4) is 0 Å². The summed E-state index contributed by atoms with van der Waals surface area (Å²) in [4.78, 5) is 0. The van der Waals surface area contributed by atoms with Crippen molar-refractivity contribution in [3.05, 3.63) is 65.9 Å². The van der Waals surface area contributed by atoms with Gasteiger partial charge in [-0.15, -0.1) is 4.70 Å². The minimum absolute atomic E-state index is 0.137. The van der Waals surface area contributed by atoms with Gasteiger partial charge in [-0.1, -0.05) is 12.1 Å². The number of methoxy groups -OCH3 is 1. The number of ether oxygens (including phenoxy) is 3. The van der Waals surface area contributed by atoms with Crippen LogP contribution in [0, 0.1) is 11.3 Å². The predicted molar refractivity (Wildman–Crippen MR) is 95.6 cm³/mol. The van der Waals surface area contributed by atoms with E-state index in [1.165, 1.54) is 0 Å². The molecule has 1 unspecified atom stereocenters. The molecule has 6 heteroatoms. The Balaban J connectivity index is 1.55. The molecule has 26 heavy (non-hydrogen) atoms. The van der Waals surface area contributed by atoms with Crippen LogP contribution in [0.5, 0.6) is 17.2 Å². The standard InChI is InChI=1S/C20H20N3O3/c1-23-18(8-9-22-23)16-4-3-5-17(13-16)25-10-11-26-19-7-6-15(14-21)12-20(19)24-2/h3-9,12-13,18H,10-11H2,1-2H3/q+1. The maximum atomic E-state index is 8.93. The molecule has 0 aromatic heterocycles. The van der Waals surface area contributed by atoms with Gasteiger partial charge in [-0.2, -0.15) is 5.26 Å². The van der Waals surface area contributed by atoms with Crippen LogP contribution >= 0.6 is 0 Å². The van der Waals surface area contributed by atoms with E-state index in [2.05, 4.69) is 17.2 Å². The van der Waals surface area contributed by atoms with Crippen LogP contribution in [0.15, 0.2) is 59.9 Å². The third-order valence-corrected chi connectivity index (χ3v) is 4.02. The molecule has 1 atom stereocenters. The molecule has 1 heterocycles. The molecule has 132 valence electrons. The van der Waals surface area contributed by atoms with Crippen molar-refractivity contribution >= 4 is 0 Å². The van der Waals surface area contributed by atoms with Crippen LogP contribution in [-0.2, 0) is 0 Å². The van der Waals surface area contributed by atoms with Crippen LogP contribution < -0.4 is 14.2 Å². The van der Waals surface area contributed by atoms with Gasteiger partial charge >= 0.3 is 0 Å². The van der Waals surface area contributed by atoms with Crippen LogP contribution in [0.1, 0.15) is 17.2 Å². The molecule has 0 saturated carbocycles. The molecule has 0 amide bonds. The Bertz CT molecular complexity index is 884. The van der Waals surface area contributed by atoms with Crippen LogP contribution in [-0.4, -0.2) is 32.1 Å². The fraction of sp³-hybridized carbons (Fsp3) is 0.250. The van der Waals surface area contributed by atoms with Gasteiger partial charge in [0.25, 0.3) is 0 Å². The van der Waals surface area contributed by atoms with Gasteiger partial charge in [0.2, 0.25) is 6.04 Å². The zero-order valence-corrected chi connectivity index (χ0v) is 14.8. The molecule has 0 N–H and O–H groups in total. The highest BCUT2D eigenvalue weighted by molar-refractivity contribution is 5.46. The van der Waals surface area contributed by atoms with Crippen LogP contribution in [0.25, 0.3) is 0 Å². The topological polar surface area (TPSA) is 66.9 Å². The van der Waals surface area contributed by atoms with E-state index in [0.29, 0.717) is 30.3 Å². The van der Waals surface area contributed by atoms with Gasteiger partial charge in [0.15, 0.2) is 18.5 Å². The molecule has 6 nitrogen and oxygen atoms in total. The molecule has 0 bridgehead atoms. The number of rotatable bonds is 7. The van der Waals surface area contributed by atoms with Crippen molar-refractivity contribution in [1.29, 1.82) is 5.26 Å². The lowest BCUT2D eigenvalue weighted by Crippen LogP contribution is -2.10. The van der Waals surface area contributed by atoms with Gasteiger partial charge < -0.3 is 14.2 Å². The van der Waals surface area contributed by atoms with Crippen molar-refractivity contribution in [2.24, 2.45) is 5.11 Å². The zero-order chi connectivity index (χ0) is 18.4. The van der Waals surface area contributed by atoms with Crippen molar-refractivity contribution in [1.82, 2.24) is 0 Å². The fourth-order valence-corrected chi connectivity index (χ4v) is 2.70. The highest BCUT2D eigenvalue weighted by Gasteiger charge is 2.22. The van der Waals surface area contributed by atoms with Gasteiger partial charge in [0.1, 0.15) is 19.0 Å². The summed E-state index contributed by atoms with van der Waals surface area (Å²) in [5, 5.41) is 13.1. The average molecular weight is 350 g/mol. The Kier molecular flexibility index (Phi) is 5.49. The molecule has 3 rings (SSSR count). The van der Waals surface area contributed by atoms with Gasteiger partial charge in [-0.3, -0.25) is 0 Å². The number of nitriles is 1. The van der Waals surface area contributed by atoms with E-state index in [4.69, 9.17) is 19.5 Å². The van der Waals surface area contributed by atoms with E-state index in [1.807, 2.05) is 36.0 Å². The SMILES string of the molecule is COc1cc(C#N)ccc1OCCOc1cccc(C2C=CN=[N+]2C)c1. The first-order chi connectivity index (χ1) is 12.7. The first-order valence-corrected chi connectivity index (χ1v) is 8.25.